The zero-order valence-electron chi connectivity index (χ0n) is 11.9. The summed E-state index contributed by atoms with van der Waals surface area (Å²) in [5.74, 6) is -0.939. The Kier molecular flexibility index (Phi) is 4.93. The maximum absolute atomic E-state index is 12.4. The topological polar surface area (TPSA) is 44.5 Å². The molecule has 0 heterocycles. The Hall–Kier alpha value is -2.42. The van der Waals surface area contributed by atoms with E-state index in [4.69, 9.17) is 5.73 Å². The molecule has 2 N–H and O–H groups in total. The second-order valence-corrected chi connectivity index (χ2v) is 4.68. The zero-order valence-corrected chi connectivity index (χ0v) is 11.9. The van der Waals surface area contributed by atoms with Crippen LogP contribution >= 0.6 is 0 Å². The smallest absolute Gasteiger partial charge is 0.406 e. The molecule has 2 aromatic carbocycles. The average molecular weight is 351 g/mol. The van der Waals surface area contributed by atoms with Crippen LogP contribution in [0.1, 0.15) is 17.2 Å². The molecule has 0 saturated carbocycles. The molecule has 0 amide bonds. The Morgan fingerprint density at radius 3 is 1.83 bits per heavy atom. The number of hydrogen-bond acceptors (Lipinski definition) is 3. The lowest BCUT2D eigenvalue weighted by molar-refractivity contribution is -0.275. The fraction of sp³-hybridized carbons (Fsp3) is 0.200. The minimum absolute atomic E-state index is 0.0410. The van der Waals surface area contributed by atoms with Crippen molar-refractivity contribution in [2.75, 3.05) is 0 Å². The molecule has 0 aliphatic heterocycles. The first-order valence-corrected chi connectivity index (χ1v) is 6.51. The van der Waals surface area contributed by atoms with Gasteiger partial charge in [0.15, 0.2) is 0 Å². The third-order valence-electron chi connectivity index (χ3n) is 2.95. The number of benzene rings is 2. The van der Waals surface area contributed by atoms with Gasteiger partial charge in [-0.3, -0.25) is 0 Å². The van der Waals surface area contributed by atoms with Gasteiger partial charge in [0.1, 0.15) is 11.5 Å². The van der Waals surface area contributed by atoms with E-state index in [-0.39, 0.29) is 5.56 Å². The second kappa shape index (κ2) is 6.60. The van der Waals surface area contributed by atoms with Crippen molar-refractivity contribution >= 4 is 0 Å². The monoisotopic (exact) mass is 351 g/mol. The molecule has 0 aromatic heterocycles. The van der Waals surface area contributed by atoms with E-state index in [9.17, 15) is 26.3 Å². The molecule has 0 bridgehead atoms. The maximum atomic E-state index is 12.4. The first-order chi connectivity index (χ1) is 11.1. The van der Waals surface area contributed by atoms with Crippen molar-refractivity contribution < 1.29 is 35.8 Å². The number of alkyl halides is 6. The first kappa shape index (κ1) is 17.9. The van der Waals surface area contributed by atoms with Crippen molar-refractivity contribution in [3.63, 3.8) is 0 Å². The van der Waals surface area contributed by atoms with E-state index in [1.165, 1.54) is 30.3 Å². The van der Waals surface area contributed by atoms with Gasteiger partial charge < -0.3 is 15.2 Å². The van der Waals surface area contributed by atoms with Crippen LogP contribution < -0.4 is 15.2 Å². The highest BCUT2D eigenvalue weighted by molar-refractivity contribution is 5.42. The van der Waals surface area contributed by atoms with Crippen LogP contribution in [-0.4, -0.2) is 12.7 Å². The van der Waals surface area contributed by atoms with Crippen LogP contribution in [0.2, 0.25) is 0 Å². The number of hydrogen-bond donors (Lipinski definition) is 1. The van der Waals surface area contributed by atoms with Crippen molar-refractivity contribution in [2.24, 2.45) is 5.73 Å². The maximum Gasteiger partial charge on any atom is 0.573 e. The lowest BCUT2D eigenvalue weighted by atomic mass is 9.99. The largest absolute Gasteiger partial charge is 0.573 e. The van der Waals surface area contributed by atoms with Crippen LogP contribution in [-0.2, 0) is 0 Å². The van der Waals surface area contributed by atoms with Gasteiger partial charge in [-0.2, -0.15) is 0 Å². The summed E-state index contributed by atoms with van der Waals surface area (Å²) in [5, 5.41) is 0. The van der Waals surface area contributed by atoms with E-state index < -0.39 is 30.3 Å². The lowest BCUT2D eigenvalue weighted by Crippen LogP contribution is -2.20. The second-order valence-electron chi connectivity index (χ2n) is 4.68. The molecule has 0 unspecified atom stereocenters. The minimum Gasteiger partial charge on any atom is -0.406 e. The molecule has 130 valence electrons. The summed E-state index contributed by atoms with van der Waals surface area (Å²) >= 11 is 0. The summed E-state index contributed by atoms with van der Waals surface area (Å²) in [6.07, 6.45) is -9.73. The van der Waals surface area contributed by atoms with Gasteiger partial charge in [-0.25, -0.2) is 0 Å². The Bertz CT molecular complexity index is 682. The molecule has 24 heavy (non-hydrogen) atoms. The molecule has 9 heteroatoms. The summed E-state index contributed by atoms with van der Waals surface area (Å²) in [5.41, 5.74) is 6.24. The van der Waals surface area contributed by atoms with Crippen LogP contribution in [0.4, 0.5) is 26.3 Å². The molecule has 0 radical (unpaired) electrons. The summed E-state index contributed by atoms with van der Waals surface area (Å²) in [7, 11) is 0. The molecule has 2 rings (SSSR count). The number of nitrogens with two attached hydrogens (primary N) is 1. The Morgan fingerprint density at radius 2 is 1.29 bits per heavy atom. The van der Waals surface area contributed by atoms with Gasteiger partial charge in [0.25, 0.3) is 0 Å². The summed E-state index contributed by atoms with van der Waals surface area (Å²) < 4.78 is 81.2. The van der Waals surface area contributed by atoms with Crippen LogP contribution in [0.5, 0.6) is 11.5 Å². The van der Waals surface area contributed by atoms with Crippen LogP contribution in [0.15, 0.2) is 48.5 Å². The predicted octanol–water partition coefficient (Wildman–Crippen LogP) is 4.53. The molecule has 0 saturated heterocycles. The molecule has 3 nitrogen and oxygen atoms in total. The van der Waals surface area contributed by atoms with Gasteiger partial charge in [0.2, 0.25) is 0 Å². The number of para-hydroxylation sites is 1. The number of rotatable bonds is 4. The van der Waals surface area contributed by atoms with Crippen molar-refractivity contribution in [3.8, 4) is 11.5 Å². The number of halogens is 6. The minimum atomic E-state index is -4.89. The fourth-order valence-corrected chi connectivity index (χ4v) is 2.01. The standard InChI is InChI=1S/C15H11F6NO2/c16-14(17,18)23-10-7-5-9(6-8-10)13(22)11-3-1-2-4-12(11)24-15(19,20)21/h1-8,13H,22H2/t13-/m1/s1. The van der Waals surface area contributed by atoms with Gasteiger partial charge in [0.05, 0.1) is 6.04 Å². The highest BCUT2D eigenvalue weighted by atomic mass is 19.4. The SMILES string of the molecule is N[C@H](c1ccc(OC(F)(F)F)cc1)c1ccccc1OC(F)(F)F. The third kappa shape index (κ3) is 5.05. The predicted molar refractivity (Wildman–Crippen MR) is 72.3 cm³/mol. The quantitative estimate of drug-likeness (QED) is 0.823. The zero-order chi connectivity index (χ0) is 18.0. The van der Waals surface area contributed by atoms with E-state index in [1.54, 1.807) is 0 Å². The molecule has 1 atom stereocenters. The summed E-state index contributed by atoms with van der Waals surface area (Å²) in [6.45, 7) is 0. The highest BCUT2D eigenvalue weighted by Crippen LogP contribution is 2.33. The molecule has 2 aromatic rings. The summed E-state index contributed by atoms with van der Waals surface area (Å²) in [4.78, 5) is 0. The van der Waals surface area contributed by atoms with Crippen molar-refractivity contribution in [3.05, 3.63) is 59.7 Å². The fourth-order valence-electron chi connectivity index (χ4n) is 2.01. The highest BCUT2D eigenvalue weighted by Gasteiger charge is 2.33. The van der Waals surface area contributed by atoms with Gasteiger partial charge in [-0.1, -0.05) is 30.3 Å². The van der Waals surface area contributed by atoms with E-state index in [0.29, 0.717) is 5.56 Å². The van der Waals surface area contributed by atoms with E-state index in [1.807, 2.05) is 0 Å². The van der Waals surface area contributed by atoms with Crippen molar-refractivity contribution in [1.82, 2.24) is 0 Å². The molecule has 0 aliphatic carbocycles. The van der Waals surface area contributed by atoms with Crippen molar-refractivity contribution in [1.29, 1.82) is 0 Å². The average Bonchev–Trinajstić information content (AvgIpc) is 2.44. The van der Waals surface area contributed by atoms with Crippen molar-refractivity contribution in [2.45, 2.75) is 18.8 Å². The van der Waals surface area contributed by atoms with Gasteiger partial charge in [0, 0.05) is 5.56 Å². The van der Waals surface area contributed by atoms with Gasteiger partial charge >= 0.3 is 12.7 Å². The van der Waals surface area contributed by atoms with Gasteiger partial charge in [-0.05, 0) is 23.8 Å². The molecular weight excluding hydrogens is 340 g/mol. The van der Waals surface area contributed by atoms with E-state index in [0.717, 1.165) is 18.2 Å². The number of ether oxygens (including phenoxy) is 2. The normalized spacial score (nSPS) is 13.5. The van der Waals surface area contributed by atoms with E-state index in [2.05, 4.69) is 9.47 Å². The molecular formula is C15H11F6NO2. The Labute approximate surface area is 132 Å². The lowest BCUT2D eigenvalue weighted by Gasteiger charge is -2.18. The van der Waals surface area contributed by atoms with Crippen LogP contribution in [0, 0.1) is 0 Å². The third-order valence-corrected chi connectivity index (χ3v) is 2.95. The van der Waals surface area contributed by atoms with Crippen LogP contribution in [0.25, 0.3) is 0 Å². The van der Waals surface area contributed by atoms with Crippen LogP contribution in [0.3, 0.4) is 0 Å². The molecule has 0 spiro atoms. The first-order valence-electron chi connectivity index (χ1n) is 6.51. The molecule has 0 fully saturated rings. The molecule has 0 aliphatic rings. The van der Waals surface area contributed by atoms with Gasteiger partial charge in [-0.15, -0.1) is 26.3 Å². The van der Waals surface area contributed by atoms with E-state index >= 15 is 0 Å². The Morgan fingerprint density at radius 1 is 0.750 bits per heavy atom. The Balaban J connectivity index is 2.24. The summed E-state index contributed by atoms with van der Waals surface area (Å²) in [6, 6.07) is 8.74.